The Balaban J connectivity index is 2.43. The highest BCUT2D eigenvalue weighted by atomic mass is 35.5. The van der Waals surface area contributed by atoms with Gasteiger partial charge < -0.3 is 10.2 Å². The molecular formula is C25H33Cl2N3O4S. The van der Waals surface area contributed by atoms with E-state index in [0.29, 0.717) is 13.0 Å². The van der Waals surface area contributed by atoms with Gasteiger partial charge in [-0.15, -0.1) is 0 Å². The number of aryl methyl sites for hydroxylation is 1. The minimum absolute atomic E-state index is 0.161. The fraction of sp³-hybridized carbons (Fsp3) is 0.440. The Morgan fingerprint density at radius 2 is 1.71 bits per heavy atom. The number of amides is 2. The molecule has 2 rings (SSSR count). The van der Waals surface area contributed by atoms with Crippen LogP contribution in [0.2, 0.25) is 10.0 Å². The fourth-order valence-corrected chi connectivity index (χ4v) is 5.08. The maximum Gasteiger partial charge on any atom is 0.244 e. The van der Waals surface area contributed by atoms with Crippen LogP contribution in [0.15, 0.2) is 42.5 Å². The highest BCUT2D eigenvalue weighted by Crippen LogP contribution is 2.27. The molecule has 0 aliphatic carbocycles. The molecule has 2 aromatic rings. The van der Waals surface area contributed by atoms with Crippen LogP contribution in [0.3, 0.4) is 0 Å². The molecule has 0 heterocycles. The minimum Gasteiger partial charge on any atom is -0.354 e. The van der Waals surface area contributed by atoms with Crippen LogP contribution < -0.4 is 9.62 Å². The van der Waals surface area contributed by atoms with Crippen molar-refractivity contribution in [2.24, 2.45) is 0 Å². The van der Waals surface area contributed by atoms with Crippen molar-refractivity contribution in [1.29, 1.82) is 0 Å². The lowest BCUT2D eigenvalue weighted by Gasteiger charge is -2.33. The molecule has 1 atom stereocenters. The van der Waals surface area contributed by atoms with E-state index in [0.717, 1.165) is 34.5 Å². The standard InChI is InChI=1S/C25H33Cl2N3O4S/c1-5-7-11-28-25(32)23(6-2)29(16-19-10-8-9-18(3)12-19)24(31)17-30(35(4,33)34)22-14-20(26)13-21(27)15-22/h8-10,12-15,23H,5-7,11,16-17H2,1-4H3,(H,28,32). The van der Waals surface area contributed by atoms with Gasteiger partial charge in [-0.1, -0.05) is 73.3 Å². The van der Waals surface area contributed by atoms with Gasteiger partial charge in [0.15, 0.2) is 0 Å². The normalized spacial score (nSPS) is 12.2. The smallest absolute Gasteiger partial charge is 0.244 e. The quantitative estimate of drug-likeness (QED) is 0.391. The highest BCUT2D eigenvalue weighted by Gasteiger charge is 2.31. The Bertz CT molecular complexity index is 1120. The number of rotatable bonds is 12. The number of sulfonamides is 1. The molecule has 1 unspecified atom stereocenters. The summed E-state index contributed by atoms with van der Waals surface area (Å²) in [6, 6.07) is 11.2. The second-order valence-electron chi connectivity index (χ2n) is 8.48. The monoisotopic (exact) mass is 541 g/mol. The van der Waals surface area contributed by atoms with E-state index in [1.54, 1.807) is 0 Å². The molecule has 0 spiro atoms. The number of hydrogen-bond acceptors (Lipinski definition) is 4. The summed E-state index contributed by atoms with van der Waals surface area (Å²) in [7, 11) is -3.86. The molecule has 0 aliphatic rings. The molecule has 2 amide bonds. The van der Waals surface area contributed by atoms with Crippen molar-refractivity contribution in [3.63, 3.8) is 0 Å². The molecule has 192 valence electrons. The number of nitrogens with zero attached hydrogens (tertiary/aromatic N) is 2. The first kappa shape index (κ1) is 28.9. The van der Waals surface area contributed by atoms with E-state index in [-0.39, 0.29) is 28.2 Å². The lowest BCUT2D eigenvalue weighted by molar-refractivity contribution is -0.140. The molecule has 2 aromatic carbocycles. The van der Waals surface area contributed by atoms with E-state index in [9.17, 15) is 18.0 Å². The summed E-state index contributed by atoms with van der Waals surface area (Å²) >= 11 is 12.2. The Labute approximate surface area is 218 Å². The fourth-order valence-electron chi connectivity index (χ4n) is 3.73. The number of hydrogen-bond donors (Lipinski definition) is 1. The topological polar surface area (TPSA) is 86.8 Å². The summed E-state index contributed by atoms with van der Waals surface area (Å²) in [6.07, 6.45) is 3.13. The average molecular weight is 543 g/mol. The largest absolute Gasteiger partial charge is 0.354 e. The second kappa shape index (κ2) is 13.1. The van der Waals surface area contributed by atoms with Crippen molar-refractivity contribution in [2.45, 2.75) is 52.6 Å². The number of anilines is 1. The number of benzene rings is 2. The number of nitrogens with one attached hydrogen (secondary N) is 1. The van der Waals surface area contributed by atoms with Crippen molar-refractivity contribution in [3.8, 4) is 0 Å². The van der Waals surface area contributed by atoms with Crippen LogP contribution in [0.5, 0.6) is 0 Å². The summed E-state index contributed by atoms with van der Waals surface area (Å²) in [6.45, 7) is 5.96. The first-order valence-electron chi connectivity index (χ1n) is 11.5. The van der Waals surface area contributed by atoms with E-state index in [1.165, 1.54) is 23.1 Å². The van der Waals surface area contributed by atoms with Gasteiger partial charge in [-0.3, -0.25) is 13.9 Å². The van der Waals surface area contributed by atoms with Gasteiger partial charge in [-0.2, -0.15) is 0 Å². The summed E-state index contributed by atoms with van der Waals surface area (Å²) in [5.41, 5.74) is 2.03. The lowest BCUT2D eigenvalue weighted by atomic mass is 10.1. The molecule has 1 N–H and O–H groups in total. The third-order valence-corrected chi connectivity index (χ3v) is 7.04. The van der Waals surface area contributed by atoms with E-state index in [2.05, 4.69) is 5.32 Å². The van der Waals surface area contributed by atoms with Crippen LogP contribution in [0, 0.1) is 6.92 Å². The van der Waals surface area contributed by atoms with Crippen molar-refractivity contribution in [1.82, 2.24) is 10.2 Å². The molecule has 0 saturated carbocycles. The zero-order valence-corrected chi connectivity index (χ0v) is 22.9. The Morgan fingerprint density at radius 1 is 1.06 bits per heavy atom. The minimum atomic E-state index is -3.86. The zero-order chi connectivity index (χ0) is 26.2. The Kier molecular flexibility index (Phi) is 10.9. The molecule has 0 aliphatic heterocycles. The summed E-state index contributed by atoms with van der Waals surface area (Å²) in [4.78, 5) is 28.1. The number of unbranched alkanes of at least 4 members (excludes halogenated alkanes) is 1. The van der Waals surface area contributed by atoms with Gasteiger partial charge in [0, 0.05) is 23.1 Å². The predicted molar refractivity (Wildman–Crippen MR) is 142 cm³/mol. The third kappa shape index (κ3) is 8.70. The molecule has 0 saturated heterocycles. The second-order valence-corrected chi connectivity index (χ2v) is 11.3. The van der Waals surface area contributed by atoms with Crippen LogP contribution in [0.1, 0.15) is 44.2 Å². The summed E-state index contributed by atoms with van der Waals surface area (Å²) in [5.74, 6) is -0.774. The molecule has 0 bridgehead atoms. The Morgan fingerprint density at radius 3 is 2.26 bits per heavy atom. The number of carbonyl (C=O) groups excluding carboxylic acids is 2. The predicted octanol–water partition coefficient (Wildman–Crippen LogP) is 4.79. The average Bonchev–Trinajstić information content (AvgIpc) is 2.76. The zero-order valence-electron chi connectivity index (χ0n) is 20.6. The first-order valence-corrected chi connectivity index (χ1v) is 14.1. The van der Waals surface area contributed by atoms with Crippen LogP contribution in [0.25, 0.3) is 0 Å². The van der Waals surface area contributed by atoms with Crippen molar-refractivity contribution in [3.05, 3.63) is 63.6 Å². The van der Waals surface area contributed by atoms with Gasteiger partial charge in [-0.05, 0) is 43.5 Å². The van der Waals surface area contributed by atoms with Crippen molar-refractivity contribution in [2.75, 3.05) is 23.7 Å². The highest BCUT2D eigenvalue weighted by molar-refractivity contribution is 7.92. The summed E-state index contributed by atoms with van der Waals surface area (Å²) in [5, 5.41) is 3.38. The first-order chi connectivity index (χ1) is 16.5. The van der Waals surface area contributed by atoms with Crippen LogP contribution in [-0.4, -0.2) is 50.5 Å². The van der Waals surface area contributed by atoms with Crippen LogP contribution in [0.4, 0.5) is 5.69 Å². The van der Waals surface area contributed by atoms with Crippen LogP contribution >= 0.6 is 23.2 Å². The molecule has 0 fully saturated rings. The van der Waals surface area contributed by atoms with Gasteiger partial charge in [0.25, 0.3) is 0 Å². The van der Waals surface area contributed by atoms with E-state index < -0.39 is 28.5 Å². The number of halogens is 2. The van der Waals surface area contributed by atoms with E-state index >= 15 is 0 Å². The van der Waals surface area contributed by atoms with Gasteiger partial charge in [0.2, 0.25) is 21.8 Å². The molecule has 10 heteroatoms. The van der Waals surface area contributed by atoms with E-state index in [4.69, 9.17) is 23.2 Å². The molecular weight excluding hydrogens is 509 g/mol. The van der Waals surface area contributed by atoms with Gasteiger partial charge in [0.05, 0.1) is 11.9 Å². The van der Waals surface area contributed by atoms with Gasteiger partial charge in [0.1, 0.15) is 12.6 Å². The van der Waals surface area contributed by atoms with Crippen molar-refractivity contribution >= 4 is 50.7 Å². The molecule has 0 radical (unpaired) electrons. The van der Waals surface area contributed by atoms with E-state index in [1.807, 2.05) is 45.0 Å². The maximum atomic E-state index is 13.6. The third-order valence-electron chi connectivity index (χ3n) is 5.47. The maximum absolute atomic E-state index is 13.6. The van der Waals surface area contributed by atoms with Gasteiger partial charge in [-0.25, -0.2) is 8.42 Å². The number of carbonyl (C=O) groups is 2. The van der Waals surface area contributed by atoms with Crippen molar-refractivity contribution < 1.29 is 18.0 Å². The van der Waals surface area contributed by atoms with Crippen LogP contribution in [-0.2, 0) is 26.2 Å². The Hall–Kier alpha value is -2.29. The molecule has 0 aromatic heterocycles. The summed E-state index contributed by atoms with van der Waals surface area (Å²) < 4.78 is 26.3. The molecule has 35 heavy (non-hydrogen) atoms. The lowest BCUT2D eigenvalue weighted by Crippen LogP contribution is -2.52. The van der Waals surface area contributed by atoms with Gasteiger partial charge >= 0.3 is 0 Å². The molecule has 7 nitrogen and oxygen atoms in total. The SMILES string of the molecule is CCCCNC(=O)C(CC)N(Cc1cccc(C)c1)C(=O)CN(c1cc(Cl)cc(Cl)c1)S(C)(=O)=O.